The molecular weight excluding hydrogens is 252 g/mol. The van der Waals surface area contributed by atoms with Gasteiger partial charge in [0.05, 0.1) is 7.11 Å². The number of hydrogen-bond donors (Lipinski definition) is 0. The minimum absolute atomic E-state index is 0.00576. The fourth-order valence-corrected chi connectivity index (χ4v) is 3.01. The number of hydrogen-bond acceptors (Lipinski definition) is 3. The SMILES string of the molecule is COC(=O)C1(C(C)C)OC1(C)c1ccccc1Cl. The molecule has 0 amide bonds. The molecular formula is C14H17ClO3. The molecule has 0 bridgehead atoms. The fourth-order valence-electron chi connectivity index (χ4n) is 2.69. The zero-order valence-corrected chi connectivity index (χ0v) is 11.7. The molecule has 0 aromatic heterocycles. The lowest BCUT2D eigenvalue weighted by atomic mass is 9.80. The summed E-state index contributed by atoms with van der Waals surface area (Å²) in [5.74, 6) is -0.342. The molecule has 2 rings (SSSR count). The van der Waals surface area contributed by atoms with E-state index in [0.717, 1.165) is 5.56 Å². The summed E-state index contributed by atoms with van der Waals surface area (Å²) in [5.41, 5.74) is -0.829. The van der Waals surface area contributed by atoms with Gasteiger partial charge in [0, 0.05) is 10.6 Å². The van der Waals surface area contributed by atoms with E-state index in [9.17, 15) is 4.79 Å². The van der Waals surface area contributed by atoms with Crippen LogP contribution in [0.5, 0.6) is 0 Å². The molecule has 0 saturated carbocycles. The van der Waals surface area contributed by atoms with Crippen LogP contribution in [0.4, 0.5) is 0 Å². The summed E-state index contributed by atoms with van der Waals surface area (Å²) >= 11 is 6.20. The highest BCUT2D eigenvalue weighted by Gasteiger charge is 2.75. The number of rotatable bonds is 3. The maximum absolute atomic E-state index is 12.0. The summed E-state index contributed by atoms with van der Waals surface area (Å²) in [7, 11) is 1.38. The van der Waals surface area contributed by atoms with Crippen LogP contribution in [0.2, 0.25) is 5.02 Å². The zero-order valence-electron chi connectivity index (χ0n) is 11.0. The lowest BCUT2D eigenvalue weighted by molar-refractivity contribution is -0.148. The van der Waals surface area contributed by atoms with Gasteiger partial charge in [0.2, 0.25) is 5.60 Å². The Morgan fingerprint density at radius 3 is 2.50 bits per heavy atom. The molecule has 1 aliphatic heterocycles. The predicted octanol–water partition coefficient (Wildman–Crippen LogP) is 3.15. The van der Waals surface area contributed by atoms with Crippen molar-refractivity contribution in [2.45, 2.75) is 32.0 Å². The average Bonchev–Trinajstić information content (AvgIpc) is 2.98. The summed E-state index contributed by atoms with van der Waals surface area (Å²) < 4.78 is 10.7. The summed E-state index contributed by atoms with van der Waals surface area (Å²) in [6, 6.07) is 7.42. The Bertz CT molecular complexity index is 486. The third-order valence-electron chi connectivity index (χ3n) is 3.72. The Hall–Kier alpha value is -1.06. The van der Waals surface area contributed by atoms with Gasteiger partial charge in [-0.05, 0) is 18.9 Å². The highest BCUT2D eigenvalue weighted by atomic mass is 35.5. The highest BCUT2D eigenvalue weighted by molar-refractivity contribution is 6.31. The first kappa shape index (κ1) is 13.4. The van der Waals surface area contributed by atoms with E-state index in [1.807, 2.05) is 39.0 Å². The number of methoxy groups -OCH3 is 1. The van der Waals surface area contributed by atoms with Gasteiger partial charge in [0.15, 0.2) is 0 Å². The standard InChI is InChI=1S/C14H17ClO3/c1-9(2)14(12(16)17-4)13(3,18-14)10-7-5-6-8-11(10)15/h5-9H,1-4H3. The van der Waals surface area contributed by atoms with Crippen LogP contribution in [0.3, 0.4) is 0 Å². The normalized spacial score (nSPS) is 30.3. The minimum Gasteiger partial charge on any atom is -0.467 e. The maximum Gasteiger partial charge on any atom is 0.341 e. The number of benzene rings is 1. The van der Waals surface area contributed by atoms with Crippen molar-refractivity contribution in [1.82, 2.24) is 0 Å². The summed E-state index contributed by atoms with van der Waals surface area (Å²) in [6.45, 7) is 5.77. The quantitative estimate of drug-likeness (QED) is 0.624. The monoisotopic (exact) mass is 268 g/mol. The van der Waals surface area contributed by atoms with Gasteiger partial charge < -0.3 is 9.47 Å². The lowest BCUT2D eigenvalue weighted by Crippen LogP contribution is -2.37. The van der Waals surface area contributed by atoms with Crippen LogP contribution in [0, 0.1) is 5.92 Å². The Balaban J connectivity index is 2.47. The van der Waals surface area contributed by atoms with Crippen molar-refractivity contribution < 1.29 is 14.3 Å². The Morgan fingerprint density at radius 1 is 1.39 bits per heavy atom. The van der Waals surface area contributed by atoms with E-state index in [-0.39, 0.29) is 11.9 Å². The second-order valence-corrected chi connectivity index (χ2v) is 5.40. The van der Waals surface area contributed by atoms with Crippen molar-refractivity contribution in [3.63, 3.8) is 0 Å². The van der Waals surface area contributed by atoms with Crippen LogP contribution in [0.15, 0.2) is 24.3 Å². The van der Waals surface area contributed by atoms with Gasteiger partial charge in [-0.1, -0.05) is 43.6 Å². The lowest BCUT2D eigenvalue weighted by Gasteiger charge is -2.19. The van der Waals surface area contributed by atoms with Crippen LogP contribution in [0.1, 0.15) is 26.3 Å². The predicted molar refractivity (Wildman–Crippen MR) is 69.5 cm³/mol. The molecule has 0 aliphatic carbocycles. The number of carbonyl (C=O) groups is 1. The number of halogens is 1. The van der Waals surface area contributed by atoms with Gasteiger partial charge in [0.1, 0.15) is 5.60 Å². The van der Waals surface area contributed by atoms with Gasteiger partial charge in [-0.2, -0.15) is 0 Å². The third kappa shape index (κ3) is 1.57. The molecule has 1 aromatic carbocycles. The zero-order chi connectivity index (χ0) is 13.6. The topological polar surface area (TPSA) is 38.8 Å². The molecule has 98 valence electrons. The van der Waals surface area contributed by atoms with E-state index in [0.29, 0.717) is 5.02 Å². The minimum atomic E-state index is -0.938. The molecule has 0 spiro atoms. The van der Waals surface area contributed by atoms with E-state index in [1.165, 1.54) is 7.11 Å². The Morgan fingerprint density at radius 2 is 2.00 bits per heavy atom. The van der Waals surface area contributed by atoms with Crippen molar-refractivity contribution in [1.29, 1.82) is 0 Å². The van der Waals surface area contributed by atoms with Gasteiger partial charge >= 0.3 is 5.97 Å². The smallest absolute Gasteiger partial charge is 0.341 e. The fraction of sp³-hybridized carbons (Fsp3) is 0.500. The molecule has 3 nitrogen and oxygen atoms in total. The number of carbonyl (C=O) groups excluding carboxylic acids is 1. The number of epoxide rings is 1. The summed E-state index contributed by atoms with van der Waals surface area (Å²) in [6.07, 6.45) is 0. The van der Waals surface area contributed by atoms with Crippen molar-refractivity contribution in [2.24, 2.45) is 5.92 Å². The molecule has 4 heteroatoms. The largest absolute Gasteiger partial charge is 0.467 e. The third-order valence-corrected chi connectivity index (χ3v) is 4.05. The maximum atomic E-state index is 12.0. The molecule has 0 radical (unpaired) electrons. The Labute approximate surface area is 112 Å². The van der Waals surface area contributed by atoms with Crippen molar-refractivity contribution in [3.05, 3.63) is 34.9 Å². The van der Waals surface area contributed by atoms with Crippen molar-refractivity contribution in [3.8, 4) is 0 Å². The van der Waals surface area contributed by atoms with Gasteiger partial charge in [-0.15, -0.1) is 0 Å². The molecule has 1 heterocycles. The van der Waals surface area contributed by atoms with Crippen LogP contribution in [-0.2, 0) is 19.9 Å². The first-order valence-electron chi connectivity index (χ1n) is 5.93. The Kier molecular flexibility index (Phi) is 3.16. The molecule has 0 N–H and O–H groups in total. The van der Waals surface area contributed by atoms with Gasteiger partial charge in [0.25, 0.3) is 0 Å². The van der Waals surface area contributed by atoms with Gasteiger partial charge in [-0.25, -0.2) is 4.79 Å². The van der Waals surface area contributed by atoms with E-state index in [4.69, 9.17) is 21.1 Å². The van der Waals surface area contributed by atoms with E-state index < -0.39 is 11.2 Å². The highest BCUT2D eigenvalue weighted by Crippen LogP contribution is 2.61. The first-order valence-corrected chi connectivity index (χ1v) is 6.31. The number of ether oxygens (including phenoxy) is 2. The molecule has 1 aliphatic rings. The number of esters is 1. The van der Waals surface area contributed by atoms with E-state index in [1.54, 1.807) is 6.07 Å². The van der Waals surface area contributed by atoms with E-state index in [2.05, 4.69) is 0 Å². The molecule has 2 unspecified atom stereocenters. The summed E-state index contributed by atoms with van der Waals surface area (Å²) in [5, 5.41) is 0.603. The second kappa shape index (κ2) is 4.25. The van der Waals surface area contributed by atoms with Gasteiger partial charge in [-0.3, -0.25) is 0 Å². The molecule has 1 saturated heterocycles. The molecule has 1 aromatic rings. The van der Waals surface area contributed by atoms with Crippen LogP contribution < -0.4 is 0 Å². The van der Waals surface area contributed by atoms with Crippen LogP contribution in [-0.4, -0.2) is 18.7 Å². The first-order chi connectivity index (χ1) is 8.40. The second-order valence-electron chi connectivity index (χ2n) is 5.00. The average molecular weight is 269 g/mol. The molecule has 18 heavy (non-hydrogen) atoms. The van der Waals surface area contributed by atoms with Crippen LogP contribution in [0.25, 0.3) is 0 Å². The van der Waals surface area contributed by atoms with Crippen molar-refractivity contribution >= 4 is 17.6 Å². The van der Waals surface area contributed by atoms with E-state index >= 15 is 0 Å². The van der Waals surface area contributed by atoms with Crippen LogP contribution >= 0.6 is 11.6 Å². The van der Waals surface area contributed by atoms with Crippen molar-refractivity contribution in [2.75, 3.05) is 7.11 Å². The molecule has 1 fully saturated rings. The molecule has 2 atom stereocenters. The summed E-state index contributed by atoms with van der Waals surface area (Å²) in [4.78, 5) is 12.0.